The number of unbranched alkanes of at least 4 members (excludes halogenated alkanes) is 3. The molecule has 7 nitrogen and oxygen atoms in total. The minimum atomic E-state index is -0.434. The summed E-state index contributed by atoms with van der Waals surface area (Å²) in [5, 5.41) is 2.50. The molecule has 0 aliphatic carbocycles. The Morgan fingerprint density at radius 3 is 2.38 bits per heavy atom. The van der Waals surface area contributed by atoms with Gasteiger partial charge in [0.2, 0.25) is 0 Å². The Hall–Kier alpha value is -3.13. The third kappa shape index (κ3) is 8.93. The summed E-state index contributed by atoms with van der Waals surface area (Å²) in [5.41, 5.74) is 7.38. The van der Waals surface area contributed by atoms with Gasteiger partial charge in [0, 0.05) is 0 Å². The first-order valence-corrected chi connectivity index (χ1v) is 11.1. The van der Waals surface area contributed by atoms with Crippen LogP contribution < -0.4 is 25.6 Å². The molecule has 8 heteroatoms. The van der Waals surface area contributed by atoms with Crippen molar-refractivity contribution in [2.24, 2.45) is 0 Å². The predicted octanol–water partition coefficient (Wildman–Crippen LogP) is 3.98. The van der Waals surface area contributed by atoms with E-state index in [1.165, 1.54) is 0 Å². The number of rotatable bonds is 10. The number of carbonyl (C=O) groups excluding carboxylic acids is 2. The zero-order valence-electron chi connectivity index (χ0n) is 18.8. The van der Waals surface area contributed by atoms with Crippen molar-refractivity contribution in [3.05, 3.63) is 59.2 Å². The molecule has 0 aliphatic rings. The Balaban J connectivity index is 1.77. The third-order valence-corrected chi connectivity index (χ3v) is 4.70. The van der Waals surface area contributed by atoms with Crippen LogP contribution in [-0.4, -0.2) is 30.1 Å². The van der Waals surface area contributed by atoms with E-state index in [-0.39, 0.29) is 11.7 Å². The van der Waals surface area contributed by atoms with Gasteiger partial charge in [-0.15, -0.1) is 0 Å². The number of benzene rings is 2. The SMILES string of the molecule is CCCCCCOc1ccccc1C(=O)NC(=S)NNC(=O)COc1cc(C)cc(C)c1. The Kier molecular flexibility index (Phi) is 10.5. The molecule has 0 fully saturated rings. The first-order valence-electron chi connectivity index (χ1n) is 10.7. The number of hydrazine groups is 1. The second-order valence-electron chi connectivity index (χ2n) is 7.47. The van der Waals surface area contributed by atoms with Crippen molar-refractivity contribution in [3.8, 4) is 11.5 Å². The predicted molar refractivity (Wildman–Crippen MR) is 129 cm³/mol. The van der Waals surface area contributed by atoms with E-state index in [0.717, 1.165) is 36.8 Å². The third-order valence-electron chi connectivity index (χ3n) is 4.49. The number of ether oxygens (including phenoxy) is 2. The number of thiocarbonyl (C=S) groups is 1. The zero-order valence-corrected chi connectivity index (χ0v) is 19.6. The highest BCUT2D eigenvalue weighted by molar-refractivity contribution is 7.80. The van der Waals surface area contributed by atoms with Crippen LogP contribution in [0.25, 0.3) is 0 Å². The monoisotopic (exact) mass is 457 g/mol. The van der Waals surface area contributed by atoms with Gasteiger partial charge in [-0.1, -0.05) is 44.4 Å². The lowest BCUT2D eigenvalue weighted by atomic mass is 10.1. The molecule has 0 radical (unpaired) electrons. The normalized spacial score (nSPS) is 10.2. The smallest absolute Gasteiger partial charge is 0.276 e. The van der Waals surface area contributed by atoms with Crippen LogP contribution in [0.15, 0.2) is 42.5 Å². The Morgan fingerprint density at radius 1 is 0.938 bits per heavy atom. The highest BCUT2D eigenvalue weighted by atomic mass is 32.1. The van der Waals surface area contributed by atoms with E-state index >= 15 is 0 Å². The lowest BCUT2D eigenvalue weighted by Gasteiger charge is -2.14. The van der Waals surface area contributed by atoms with Gasteiger partial charge in [0.1, 0.15) is 11.5 Å². The topological polar surface area (TPSA) is 88.7 Å². The quantitative estimate of drug-likeness (QED) is 0.284. The van der Waals surface area contributed by atoms with Gasteiger partial charge in [-0.2, -0.15) is 0 Å². The van der Waals surface area contributed by atoms with Gasteiger partial charge in [0.15, 0.2) is 11.7 Å². The summed E-state index contributed by atoms with van der Waals surface area (Å²) >= 11 is 5.10. The summed E-state index contributed by atoms with van der Waals surface area (Å²) in [6.45, 7) is 6.42. The van der Waals surface area contributed by atoms with Crippen molar-refractivity contribution in [1.82, 2.24) is 16.2 Å². The van der Waals surface area contributed by atoms with Crippen LogP contribution in [0, 0.1) is 13.8 Å². The average Bonchev–Trinajstić information content (AvgIpc) is 2.75. The van der Waals surface area contributed by atoms with Crippen LogP contribution in [-0.2, 0) is 4.79 Å². The molecule has 0 saturated carbocycles. The lowest BCUT2D eigenvalue weighted by Crippen LogP contribution is -2.49. The first-order chi connectivity index (χ1) is 15.4. The molecular weight excluding hydrogens is 426 g/mol. The molecule has 0 aliphatic heterocycles. The largest absolute Gasteiger partial charge is 0.493 e. The van der Waals surface area contributed by atoms with E-state index in [9.17, 15) is 9.59 Å². The fraction of sp³-hybridized carbons (Fsp3) is 0.375. The van der Waals surface area contributed by atoms with Crippen LogP contribution in [0.3, 0.4) is 0 Å². The van der Waals surface area contributed by atoms with Crippen molar-refractivity contribution in [2.75, 3.05) is 13.2 Å². The van der Waals surface area contributed by atoms with Crippen LogP contribution in [0.1, 0.15) is 54.1 Å². The fourth-order valence-electron chi connectivity index (χ4n) is 3.02. The van der Waals surface area contributed by atoms with Gasteiger partial charge in [-0.05, 0) is 67.9 Å². The molecule has 2 aromatic rings. The molecule has 2 amide bonds. The van der Waals surface area contributed by atoms with Gasteiger partial charge in [-0.25, -0.2) is 0 Å². The van der Waals surface area contributed by atoms with E-state index < -0.39 is 11.8 Å². The van der Waals surface area contributed by atoms with Gasteiger partial charge in [0.05, 0.1) is 12.2 Å². The molecule has 32 heavy (non-hydrogen) atoms. The zero-order chi connectivity index (χ0) is 23.3. The molecule has 0 unspecified atom stereocenters. The number of hydrogen-bond donors (Lipinski definition) is 3. The summed E-state index contributed by atoms with van der Waals surface area (Å²) < 4.78 is 11.3. The van der Waals surface area contributed by atoms with E-state index in [0.29, 0.717) is 23.7 Å². The number of aryl methyl sites for hydroxylation is 2. The highest BCUT2D eigenvalue weighted by Crippen LogP contribution is 2.18. The molecular formula is C24H31N3O4S. The van der Waals surface area contributed by atoms with Crippen molar-refractivity contribution >= 4 is 29.1 Å². The Morgan fingerprint density at radius 2 is 1.66 bits per heavy atom. The fourth-order valence-corrected chi connectivity index (χ4v) is 3.16. The van der Waals surface area contributed by atoms with Crippen molar-refractivity contribution < 1.29 is 19.1 Å². The summed E-state index contributed by atoms with van der Waals surface area (Å²) in [6.07, 6.45) is 4.33. The van der Waals surface area contributed by atoms with Crippen LogP contribution in [0.2, 0.25) is 0 Å². The Labute approximate surface area is 194 Å². The molecule has 3 N–H and O–H groups in total. The van der Waals surface area contributed by atoms with Crippen LogP contribution >= 0.6 is 12.2 Å². The van der Waals surface area contributed by atoms with Crippen molar-refractivity contribution in [2.45, 2.75) is 46.5 Å². The molecule has 172 valence electrons. The minimum Gasteiger partial charge on any atom is -0.493 e. The average molecular weight is 458 g/mol. The summed E-state index contributed by atoms with van der Waals surface area (Å²) in [4.78, 5) is 24.6. The number of carbonyl (C=O) groups is 2. The molecule has 0 saturated heterocycles. The maximum Gasteiger partial charge on any atom is 0.276 e. The van der Waals surface area contributed by atoms with Crippen LogP contribution in [0.5, 0.6) is 11.5 Å². The van der Waals surface area contributed by atoms with E-state index in [1.54, 1.807) is 18.2 Å². The van der Waals surface area contributed by atoms with Crippen LogP contribution in [0.4, 0.5) is 0 Å². The minimum absolute atomic E-state index is 0.0347. The second kappa shape index (κ2) is 13.3. The van der Waals surface area contributed by atoms with E-state index in [2.05, 4.69) is 23.1 Å². The Bertz CT molecular complexity index is 913. The van der Waals surface area contributed by atoms with E-state index in [1.807, 2.05) is 38.1 Å². The first kappa shape index (κ1) is 25.1. The van der Waals surface area contributed by atoms with Gasteiger partial charge < -0.3 is 9.47 Å². The standard InChI is InChI=1S/C24H31N3O4S/c1-4-5-6-9-12-30-21-11-8-7-10-20(21)23(29)25-24(32)27-26-22(28)16-31-19-14-17(2)13-18(3)15-19/h7-8,10-11,13-15H,4-6,9,12,16H2,1-3H3,(H,26,28)(H2,25,27,29,32). The molecule has 0 heterocycles. The summed E-state index contributed by atoms with van der Waals surface area (Å²) in [7, 11) is 0. The molecule has 0 aromatic heterocycles. The van der Waals surface area contributed by atoms with Gasteiger partial charge in [0.25, 0.3) is 11.8 Å². The van der Waals surface area contributed by atoms with Gasteiger partial charge in [-0.3, -0.25) is 25.8 Å². The molecule has 0 atom stereocenters. The number of nitrogens with one attached hydrogen (secondary N) is 3. The van der Waals surface area contributed by atoms with Crippen molar-refractivity contribution in [1.29, 1.82) is 0 Å². The summed E-state index contributed by atoms with van der Waals surface area (Å²) in [6, 6.07) is 12.7. The molecule has 2 rings (SSSR count). The lowest BCUT2D eigenvalue weighted by molar-refractivity contribution is -0.123. The molecule has 0 spiro atoms. The number of amides is 2. The second-order valence-corrected chi connectivity index (χ2v) is 7.88. The van der Waals surface area contributed by atoms with Gasteiger partial charge >= 0.3 is 0 Å². The summed E-state index contributed by atoms with van der Waals surface area (Å²) in [5.74, 6) is 0.249. The van der Waals surface area contributed by atoms with Crippen molar-refractivity contribution in [3.63, 3.8) is 0 Å². The maximum absolute atomic E-state index is 12.6. The highest BCUT2D eigenvalue weighted by Gasteiger charge is 2.14. The van der Waals surface area contributed by atoms with E-state index in [4.69, 9.17) is 21.7 Å². The molecule has 0 bridgehead atoms. The number of para-hydroxylation sites is 1. The molecule has 2 aromatic carbocycles. The maximum atomic E-state index is 12.6. The number of hydrogen-bond acceptors (Lipinski definition) is 5.